The molecule has 1 N–H and O–H groups in total. The van der Waals surface area contributed by atoms with Gasteiger partial charge in [-0.05, 0) is 48.7 Å². The van der Waals surface area contributed by atoms with Crippen molar-refractivity contribution in [2.24, 2.45) is 0 Å². The van der Waals surface area contributed by atoms with Crippen LogP contribution < -0.4 is 10.1 Å². The minimum absolute atomic E-state index is 0.0678. The van der Waals surface area contributed by atoms with Gasteiger partial charge in [-0.1, -0.05) is 42.5 Å². The molecular weight excluding hydrogens is 470 g/mol. The number of alkyl halides is 2. The number of thioether (sulfide) groups is 1. The monoisotopic (exact) mass is 496 g/mol. The summed E-state index contributed by atoms with van der Waals surface area (Å²) in [5.74, 6) is 0.0709. The van der Waals surface area contributed by atoms with Gasteiger partial charge in [0.25, 0.3) is 5.91 Å². The number of hydrogen-bond donors (Lipinski definition) is 1. The molecule has 1 heterocycles. The zero-order valence-electron chi connectivity index (χ0n) is 19.1. The Bertz CT molecular complexity index is 1170. The van der Waals surface area contributed by atoms with Crippen LogP contribution >= 0.6 is 11.8 Å². The molecule has 5 nitrogen and oxygen atoms in total. The summed E-state index contributed by atoms with van der Waals surface area (Å²) < 4.78 is 30.5. The Balaban J connectivity index is 1.49. The Kier molecular flexibility index (Phi) is 8.36. The smallest absolute Gasteiger partial charge is 0.387 e. The summed E-state index contributed by atoms with van der Waals surface area (Å²) in [4.78, 5) is 28.1. The van der Waals surface area contributed by atoms with Crippen molar-refractivity contribution in [3.63, 3.8) is 0 Å². The number of carbonyl (C=O) groups excluding carboxylic acids is 2. The summed E-state index contributed by atoms with van der Waals surface area (Å²) in [7, 11) is 0. The molecular formula is C27H26F2N2O3S. The maximum absolute atomic E-state index is 13.1. The third-order valence-electron chi connectivity index (χ3n) is 5.71. The van der Waals surface area contributed by atoms with E-state index in [1.807, 2.05) is 47.4 Å². The number of nitrogens with zero attached hydrogens (tertiary/aromatic N) is 1. The van der Waals surface area contributed by atoms with Crippen LogP contribution in [0.25, 0.3) is 0 Å². The number of ether oxygens (including phenoxy) is 1. The van der Waals surface area contributed by atoms with E-state index in [1.54, 1.807) is 18.2 Å². The molecule has 0 atom stereocenters. The summed E-state index contributed by atoms with van der Waals surface area (Å²) in [6.45, 7) is -1.37. The summed E-state index contributed by atoms with van der Waals surface area (Å²) in [5.41, 5.74) is 2.38. The number of rotatable bonds is 9. The molecule has 1 aliphatic heterocycles. The molecule has 8 heteroatoms. The molecule has 1 fully saturated rings. The molecule has 3 aromatic carbocycles. The Morgan fingerprint density at radius 2 is 1.69 bits per heavy atom. The van der Waals surface area contributed by atoms with Gasteiger partial charge in [0, 0.05) is 35.7 Å². The lowest BCUT2D eigenvalue weighted by Gasteiger charge is -2.16. The second kappa shape index (κ2) is 11.8. The molecule has 1 aliphatic rings. The first kappa shape index (κ1) is 24.7. The SMILES string of the molecule is O=C(Nc1ccc(OC(F)F)c(Cc2ccccc2)c1)c1ccccc1SCC(=O)N1CCCC1. The van der Waals surface area contributed by atoms with Crippen LogP contribution in [0.3, 0.4) is 0 Å². The number of benzene rings is 3. The van der Waals surface area contributed by atoms with Gasteiger partial charge in [-0.15, -0.1) is 11.8 Å². The Morgan fingerprint density at radius 3 is 2.43 bits per heavy atom. The summed E-state index contributed by atoms with van der Waals surface area (Å²) in [6, 6.07) is 21.2. The van der Waals surface area contributed by atoms with Gasteiger partial charge in [0.2, 0.25) is 5.91 Å². The van der Waals surface area contributed by atoms with Crippen molar-refractivity contribution in [2.75, 3.05) is 24.2 Å². The molecule has 0 bridgehead atoms. The minimum Gasteiger partial charge on any atom is -0.435 e. The highest BCUT2D eigenvalue weighted by atomic mass is 32.2. The van der Waals surface area contributed by atoms with E-state index in [2.05, 4.69) is 5.32 Å². The molecule has 2 amide bonds. The largest absolute Gasteiger partial charge is 0.435 e. The number of likely N-dealkylation sites (tertiary alicyclic amines) is 1. The lowest BCUT2D eigenvalue weighted by molar-refractivity contribution is -0.127. The molecule has 3 aromatic rings. The maximum atomic E-state index is 13.1. The second-order valence-corrected chi connectivity index (χ2v) is 9.21. The summed E-state index contributed by atoms with van der Waals surface area (Å²) >= 11 is 1.34. The minimum atomic E-state index is -2.95. The third-order valence-corrected chi connectivity index (χ3v) is 6.77. The molecule has 0 radical (unpaired) electrons. The zero-order valence-corrected chi connectivity index (χ0v) is 19.9. The average Bonchev–Trinajstić information content (AvgIpc) is 3.40. The molecule has 182 valence electrons. The van der Waals surface area contributed by atoms with E-state index in [0.29, 0.717) is 28.1 Å². The van der Waals surface area contributed by atoms with Crippen molar-refractivity contribution in [3.05, 3.63) is 89.5 Å². The number of carbonyl (C=O) groups is 2. The van der Waals surface area contributed by atoms with Gasteiger partial charge in [-0.2, -0.15) is 8.78 Å². The normalized spacial score (nSPS) is 13.2. The van der Waals surface area contributed by atoms with Crippen LogP contribution in [0, 0.1) is 0 Å². The van der Waals surface area contributed by atoms with E-state index in [9.17, 15) is 18.4 Å². The van der Waals surface area contributed by atoms with E-state index < -0.39 is 6.61 Å². The summed E-state index contributed by atoms with van der Waals surface area (Å²) in [6.07, 6.45) is 2.43. The van der Waals surface area contributed by atoms with Crippen molar-refractivity contribution in [2.45, 2.75) is 30.8 Å². The quantitative estimate of drug-likeness (QED) is 0.378. The average molecular weight is 497 g/mol. The fourth-order valence-electron chi connectivity index (χ4n) is 4.00. The van der Waals surface area contributed by atoms with E-state index in [0.717, 1.165) is 31.5 Å². The van der Waals surface area contributed by atoms with Gasteiger partial charge >= 0.3 is 6.61 Å². The number of hydrogen-bond acceptors (Lipinski definition) is 4. The van der Waals surface area contributed by atoms with Crippen molar-refractivity contribution in [3.8, 4) is 5.75 Å². The van der Waals surface area contributed by atoms with Gasteiger partial charge in [0.05, 0.1) is 11.3 Å². The number of amides is 2. The van der Waals surface area contributed by atoms with Gasteiger partial charge < -0.3 is 15.0 Å². The van der Waals surface area contributed by atoms with Crippen LogP contribution in [0.4, 0.5) is 14.5 Å². The van der Waals surface area contributed by atoms with Crippen molar-refractivity contribution in [1.29, 1.82) is 0 Å². The number of anilines is 1. The van der Waals surface area contributed by atoms with E-state index >= 15 is 0 Å². The number of halogens is 2. The fourth-order valence-corrected chi connectivity index (χ4v) is 4.95. The highest BCUT2D eigenvalue weighted by Crippen LogP contribution is 2.29. The lowest BCUT2D eigenvalue weighted by Crippen LogP contribution is -2.29. The van der Waals surface area contributed by atoms with Crippen LogP contribution in [-0.4, -0.2) is 42.2 Å². The van der Waals surface area contributed by atoms with Gasteiger partial charge in [0.1, 0.15) is 5.75 Å². The molecule has 0 aromatic heterocycles. The van der Waals surface area contributed by atoms with Gasteiger partial charge in [-0.25, -0.2) is 0 Å². The number of nitrogens with one attached hydrogen (secondary N) is 1. The van der Waals surface area contributed by atoms with E-state index in [1.165, 1.54) is 23.9 Å². The topological polar surface area (TPSA) is 58.6 Å². The molecule has 0 spiro atoms. The highest BCUT2D eigenvalue weighted by molar-refractivity contribution is 8.00. The first-order chi connectivity index (χ1) is 17.0. The summed E-state index contributed by atoms with van der Waals surface area (Å²) in [5, 5.41) is 2.86. The van der Waals surface area contributed by atoms with Crippen LogP contribution in [0.15, 0.2) is 77.7 Å². The lowest BCUT2D eigenvalue weighted by atomic mass is 10.0. The molecule has 0 aliphatic carbocycles. The van der Waals surface area contributed by atoms with E-state index in [-0.39, 0.29) is 23.3 Å². The predicted octanol–water partition coefficient (Wildman–Crippen LogP) is 5.85. The Morgan fingerprint density at radius 1 is 0.971 bits per heavy atom. The Labute approximate surface area is 207 Å². The molecule has 4 rings (SSSR count). The highest BCUT2D eigenvalue weighted by Gasteiger charge is 2.20. The molecule has 0 unspecified atom stereocenters. The second-order valence-electron chi connectivity index (χ2n) is 8.19. The first-order valence-electron chi connectivity index (χ1n) is 11.4. The Hall–Kier alpha value is -3.39. The van der Waals surface area contributed by atoms with E-state index in [4.69, 9.17) is 4.74 Å². The van der Waals surface area contributed by atoms with Crippen LogP contribution in [0.5, 0.6) is 5.75 Å². The van der Waals surface area contributed by atoms with Gasteiger partial charge in [-0.3, -0.25) is 9.59 Å². The standard InChI is InChI=1S/C27H26F2N2O3S/c28-27(29)34-23-13-12-21(17-20(23)16-19-8-2-1-3-9-19)30-26(33)22-10-4-5-11-24(22)35-18-25(32)31-14-6-7-15-31/h1-5,8-13,17,27H,6-7,14-16,18H2,(H,30,33). The molecule has 1 saturated heterocycles. The maximum Gasteiger partial charge on any atom is 0.387 e. The molecule has 0 saturated carbocycles. The third kappa shape index (κ3) is 6.82. The van der Waals surface area contributed by atoms with Crippen molar-refractivity contribution >= 4 is 29.3 Å². The van der Waals surface area contributed by atoms with Crippen molar-refractivity contribution in [1.82, 2.24) is 4.90 Å². The van der Waals surface area contributed by atoms with Crippen molar-refractivity contribution < 1.29 is 23.1 Å². The van der Waals surface area contributed by atoms with Crippen LogP contribution in [0.1, 0.15) is 34.3 Å². The zero-order chi connectivity index (χ0) is 24.6. The van der Waals surface area contributed by atoms with Gasteiger partial charge in [0.15, 0.2) is 0 Å². The fraction of sp³-hybridized carbons (Fsp3) is 0.259. The van der Waals surface area contributed by atoms with Crippen LogP contribution in [0.2, 0.25) is 0 Å². The van der Waals surface area contributed by atoms with Crippen LogP contribution in [-0.2, 0) is 11.2 Å². The molecule has 35 heavy (non-hydrogen) atoms. The first-order valence-corrected chi connectivity index (χ1v) is 12.4. The predicted molar refractivity (Wildman–Crippen MR) is 133 cm³/mol.